The van der Waals surface area contributed by atoms with E-state index in [0.29, 0.717) is 5.69 Å². The Kier molecular flexibility index (Phi) is 3.13. The van der Waals surface area contributed by atoms with Crippen molar-refractivity contribution in [3.8, 4) is 0 Å². The minimum atomic E-state index is -3.33. The van der Waals surface area contributed by atoms with Crippen LogP contribution in [0.15, 0.2) is 18.2 Å². The summed E-state index contributed by atoms with van der Waals surface area (Å²) in [5, 5.41) is 8.44. The van der Waals surface area contributed by atoms with Gasteiger partial charge in [0, 0.05) is 5.69 Å². The highest BCUT2D eigenvalue weighted by atomic mass is 19.3. The lowest BCUT2D eigenvalue weighted by Crippen LogP contribution is -2.36. The zero-order valence-corrected chi connectivity index (χ0v) is 7.74. The first kappa shape index (κ1) is 11.0. The van der Waals surface area contributed by atoms with Gasteiger partial charge in [-0.15, -0.1) is 0 Å². The summed E-state index contributed by atoms with van der Waals surface area (Å²) in [7, 11) is 0. The summed E-state index contributed by atoms with van der Waals surface area (Å²) in [6.45, 7) is 0.414. The molecule has 0 fully saturated rings. The summed E-state index contributed by atoms with van der Waals surface area (Å²) in [5.41, 5.74) is 5.98. The van der Waals surface area contributed by atoms with Gasteiger partial charge >= 0.3 is 0 Å². The molecule has 0 saturated carbocycles. The molecule has 1 heterocycles. The number of aliphatic hydroxyl groups excluding tert-OH is 1. The summed E-state index contributed by atoms with van der Waals surface area (Å²) in [5.74, 6) is -3.33. The van der Waals surface area contributed by atoms with Crippen molar-refractivity contribution in [2.24, 2.45) is 5.73 Å². The molecule has 0 aromatic carbocycles. The lowest BCUT2D eigenvalue weighted by atomic mass is 10.1. The normalized spacial score (nSPS) is 14.1. The van der Waals surface area contributed by atoms with Crippen molar-refractivity contribution < 1.29 is 13.9 Å². The Bertz CT molecular complexity index is 317. The summed E-state index contributed by atoms with van der Waals surface area (Å²) in [6.07, 6.45) is 0. The number of rotatable bonds is 3. The topological polar surface area (TPSA) is 59.1 Å². The van der Waals surface area contributed by atoms with E-state index in [1.165, 1.54) is 6.07 Å². The van der Waals surface area contributed by atoms with Crippen LogP contribution in [0.25, 0.3) is 0 Å². The zero-order chi connectivity index (χ0) is 10.8. The van der Waals surface area contributed by atoms with Crippen molar-refractivity contribution >= 4 is 0 Å². The van der Waals surface area contributed by atoms with Crippen LogP contribution < -0.4 is 5.73 Å². The van der Waals surface area contributed by atoms with E-state index >= 15 is 0 Å². The molecule has 1 rings (SSSR count). The van der Waals surface area contributed by atoms with Gasteiger partial charge < -0.3 is 10.8 Å². The Morgan fingerprint density at radius 1 is 1.57 bits per heavy atom. The van der Waals surface area contributed by atoms with Gasteiger partial charge in [-0.3, -0.25) is 4.98 Å². The molecular formula is C9H12F2N2O. The number of hydrogen-bond acceptors (Lipinski definition) is 3. The van der Waals surface area contributed by atoms with Crippen molar-refractivity contribution in [3.63, 3.8) is 0 Å². The highest BCUT2D eigenvalue weighted by molar-refractivity contribution is 5.15. The number of nitrogens with zero attached hydrogens (tertiary/aromatic N) is 1. The smallest absolute Gasteiger partial charge is 0.291 e. The van der Waals surface area contributed by atoms with Gasteiger partial charge in [0.05, 0.1) is 5.69 Å². The van der Waals surface area contributed by atoms with E-state index < -0.39 is 18.6 Å². The Hall–Kier alpha value is -1.07. The first-order valence-electron chi connectivity index (χ1n) is 4.15. The van der Waals surface area contributed by atoms with Crippen molar-refractivity contribution in [1.29, 1.82) is 0 Å². The molecule has 0 unspecified atom stereocenters. The molecule has 0 radical (unpaired) electrons. The molecule has 14 heavy (non-hydrogen) atoms. The minimum absolute atomic E-state index is 0.0871. The Balaban J connectivity index is 2.94. The minimum Gasteiger partial charge on any atom is -0.390 e. The molecule has 3 N–H and O–H groups in total. The van der Waals surface area contributed by atoms with Crippen LogP contribution in [0.3, 0.4) is 0 Å². The predicted molar refractivity (Wildman–Crippen MR) is 47.9 cm³/mol. The van der Waals surface area contributed by atoms with Crippen molar-refractivity contribution in [1.82, 2.24) is 4.98 Å². The molecule has 0 aliphatic carbocycles. The van der Waals surface area contributed by atoms with Crippen LogP contribution >= 0.6 is 0 Å². The fourth-order valence-electron chi connectivity index (χ4n) is 1.05. The van der Waals surface area contributed by atoms with Gasteiger partial charge in [0.1, 0.15) is 12.6 Å². The Labute approximate surface area is 80.6 Å². The van der Waals surface area contributed by atoms with E-state index in [2.05, 4.69) is 4.98 Å². The molecule has 0 saturated heterocycles. The summed E-state index contributed by atoms with van der Waals surface area (Å²) in [4.78, 5) is 3.87. The molecule has 1 atom stereocenters. The number of halogens is 2. The largest absolute Gasteiger partial charge is 0.390 e. The number of aliphatic hydroxyl groups is 1. The van der Waals surface area contributed by atoms with Gasteiger partial charge in [-0.25, -0.2) is 8.78 Å². The number of pyridine rings is 1. The third-order valence-electron chi connectivity index (χ3n) is 1.89. The second-order valence-electron chi connectivity index (χ2n) is 3.10. The summed E-state index contributed by atoms with van der Waals surface area (Å²) < 4.78 is 25.9. The van der Waals surface area contributed by atoms with E-state index in [1.54, 1.807) is 19.1 Å². The van der Waals surface area contributed by atoms with E-state index in [4.69, 9.17) is 10.8 Å². The highest BCUT2D eigenvalue weighted by Crippen LogP contribution is 2.27. The SMILES string of the molecule is Cc1cccc([C@@H](N)C(F)(F)CO)n1. The monoisotopic (exact) mass is 202 g/mol. The molecule has 0 aliphatic rings. The number of nitrogens with two attached hydrogens (primary N) is 1. The third-order valence-corrected chi connectivity index (χ3v) is 1.89. The van der Waals surface area contributed by atoms with Crippen LogP contribution in [-0.4, -0.2) is 22.6 Å². The standard InChI is InChI=1S/C9H12F2N2O/c1-6-3-2-4-7(13-6)8(12)9(10,11)5-14/h2-4,8,14H,5,12H2,1H3/t8-/m1/s1. The maximum Gasteiger partial charge on any atom is 0.291 e. The average Bonchev–Trinajstić information content (AvgIpc) is 2.16. The lowest BCUT2D eigenvalue weighted by molar-refractivity contribution is -0.0721. The lowest BCUT2D eigenvalue weighted by Gasteiger charge is -2.20. The van der Waals surface area contributed by atoms with Gasteiger partial charge in [-0.2, -0.15) is 0 Å². The molecular weight excluding hydrogens is 190 g/mol. The number of aromatic nitrogens is 1. The molecule has 0 aliphatic heterocycles. The van der Waals surface area contributed by atoms with Crippen molar-refractivity contribution in [2.45, 2.75) is 18.9 Å². The average molecular weight is 202 g/mol. The van der Waals surface area contributed by atoms with Gasteiger partial charge in [0.2, 0.25) is 0 Å². The number of aryl methyl sites for hydroxylation is 1. The van der Waals surface area contributed by atoms with Crippen LogP contribution in [-0.2, 0) is 0 Å². The van der Waals surface area contributed by atoms with Crippen LogP contribution in [0.2, 0.25) is 0 Å². The number of hydrogen-bond donors (Lipinski definition) is 2. The van der Waals surface area contributed by atoms with Crippen molar-refractivity contribution in [2.75, 3.05) is 6.61 Å². The Morgan fingerprint density at radius 2 is 2.21 bits per heavy atom. The molecule has 1 aromatic rings. The maximum absolute atomic E-state index is 12.9. The van der Waals surface area contributed by atoms with E-state index in [-0.39, 0.29) is 5.69 Å². The molecule has 0 amide bonds. The highest BCUT2D eigenvalue weighted by Gasteiger charge is 2.38. The third kappa shape index (κ3) is 2.24. The quantitative estimate of drug-likeness (QED) is 0.769. The van der Waals surface area contributed by atoms with Crippen molar-refractivity contribution in [3.05, 3.63) is 29.6 Å². The zero-order valence-electron chi connectivity index (χ0n) is 7.74. The fraction of sp³-hybridized carbons (Fsp3) is 0.444. The van der Waals surface area contributed by atoms with Crippen LogP contribution in [0, 0.1) is 6.92 Å². The predicted octanol–water partition coefficient (Wildman–Crippen LogP) is 1.02. The van der Waals surface area contributed by atoms with E-state index in [0.717, 1.165) is 0 Å². The van der Waals surface area contributed by atoms with Gasteiger partial charge in [0.15, 0.2) is 0 Å². The van der Waals surface area contributed by atoms with Gasteiger partial charge in [-0.05, 0) is 19.1 Å². The fourth-order valence-corrected chi connectivity index (χ4v) is 1.05. The molecule has 0 bridgehead atoms. The van der Waals surface area contributed by atoms with E-state index in [9.17, 15) is 8.78 Å². The maximum atomic E-state index is 12.9. The Morgan fingerprint density at radius 3 is 2.71 bits per heavy atom. The first-order valence-corrected chi connectivity index (χ1v) is 4.15. The number of alkyl halides is 2. The molecule has 0 spiro atoms. The summed E-state index contributed by atoms with van der Waals surface area (Å²) >= 11 is 0. The van der Waals surface area contributed by atoms with Gasteiger partial charge in [0.25, 0.3) is 5.92 Å². The van der Waals surface area contributed by atoms with E-state index in [1.807, 2.05) is 0 Å². The molecule has 5 heteroatoms. The van der Waals surface area contributed by atoms with Gasteiger partial charge in [-0.1, -0.05) is 6.07 Å². The molecule has 78 valence electrons. The molecule has 3 nitrogen and oxygen atoms in total. The second-order valence-corrected chi connectivity index (χ2v) is 3.10. The first-order chi connectivity index (χ1) is 6.47. The van der Waals surface area contributed by atoms with Crippen LogP contribution in [0.1, 0.15) is 17.4 Å². The van der Waals surface area contributed by atoms with Crippen LogP contribution in [0.5, 0.6) is 0 Å². The second kappa shape index (κ2) is 3.98. The molecule has 1 aromatic heterocycles. The summed E-state index contributed by atoms with van der Waals surface area (Å²) in [6, 6.07) is 3.15. The van der Waals surface area contributed by atoms with Crippen LogP contribution in [0.4, 0.5) is 8.78 Å².